The van der Waals surface area contributed by atoms with Gasteiger partial charge in [0.25, 0.3) is 0 Å². The lowest BCUT2D eigenvalue weighted by atomic mass is 9.98. The normalized spacial score (nSPS) is 14.2. The zero-order valence-electron chi connectivity index (χ0n) is 10.7. The molecule has 0 fully saturated rings. The molecular formula is C13H24O3. The second kappa shape index (κ2) is 8.34. The summed E-state index contributed by atoms with van der Waals surface area (Å²) in [5.41, 5.74) is 0.446. The van der Waals surface area contributed by atoms with Crippen molar-refractivity contribution in [2.45, 2.75) is 52.6 Å². The van der Waals surface area contributed by atoms with Gasteiger partial charge in [-0.25, -0.2) is 4.79 Å². The van der Waals surface area contributed by atoms with E-state index in [-0.39, 0.29) is 12.1 Å². The van der Waals surface area contributed by atoms with E-state index in [1.54, 1.807) is 13.8 Å². The van der Waals surface area contributed by atoms with E-state index in [9.17, 15) is 4.79 Å². The van der Waals surface area contributed by atoms with Crippen molar-refractivity contribution in [3.63, 3.8) is 0 Å². The second-order valence-electron chi connectivity index (χ2n) is 4.59. The maximum absolute atomic E-state index is 11.0. The summed E-state index contributed by atoms with van der Waals surface area (Å²) in [5.74, 6) is 0.259. The molecule has 0 aliphatic carbocycles. The Labute approximate surface area is 98.5 Å². The van der Waals surface area contributed by atoms with E-state index < -0.39 is 0 Å². The maximum atomic E-state index is 11.0. The molecule has 0 aliphatic rings. The molecular weight excluding hydrogens is 204 g/mol. The molecule has 0 rings (SSSR count). The molecule has 0 aromatic carbocycles. The monoisotopic (exact) mass is 228 g/mol. The summed E-state index contributed by atoms with van der Waals surface area (Å²) in [6.45, 7) is 9.59. The fourth-order valence-corrected chi connectivity index (χ4v) is 1.39. The number of ether oxygens (including phenoxy) is 1. The molecule has 0 amide bonds. The van der Waals surface area contributed by atoms with Crippen LogP contribution in [0.4, 0.5) is 0 Å². The molecule has 0 aromatic heterocycles. The van der Waals surface area contributed by atoms with Crippen LogP contribution in [0.3, 0.4) is 0 Å². The van der Waals surface area contributed by atoms with Crippen molar-refractivity contribution in [2.24, 2.45) is 5.92 Å². The van der Waals surface area contributed by atoms with Gasteiger partial charge in [0, 0.05) is 5.57 Å². The van der Waals surface area contributed by atoms with Crippen LogP contribution >= 0.6 is 0 Å². The molecule has 3 heteroatoms. The minimum atomic E-state index is -0.309. The Kier molecular flexibility index (Phi) is 7.90. The van der Waals surface area contributed by atoms with Gasteiger partial charge in [-0.3, -0.25) is 0 Å². The van der Waals surface area contributed by atoms with Crippen LogP contribution in [-0.4, -0.2) is 23.8 Å². The lowest BCUT2D eigenvalue weighted by Crippen LogP contribution is -2.08. The molecule has 94 valence electrons. The Balaban J connectivity index is 3.44. The maximum Gasteiger partial charge on any atom is 0.333 e. The van der Waals surface area contributed by atoms with Gasteiger partial charge >= 0.3 is 5.97 Å². The number of carbonyl (C=O) groups excluding carboxylic acids is 1. The number of carbonyl (C=O) groups is 1. The summed E-state index contributed by atoms with van der Waals surface area (Å²) in [6.07, 6.45) is 3.54. The number of aliphatic hydroxyl groups excluding tert-OH is 1. The fourth-order valence-electron chi connectivity index (χ4n) is 1.39. The third-order valence-electron chi connectivity index (χ3n) is 2.50. The molecule has 0 heterocycles. The molecule has 3 nitrogen and oxygen atoms in total. The predicted molar refractivity (Wildman–Crippen MR) is 65.1 cm³/mol. The van der Waals surface area contributed by atoms with Crippen LogP contribution in [0.15, 0.2) is 12.2 Å². The topological polar surface area (TPSA) is 46.5 Å². The summed E-state index contributed by atoms with van der Waals surface area (Å²) in [5, 5.41) is 9.13. The quantitative estimate of drug-likeness (QED) is 0.395. The predicted octanol–water partition coefficient (Wildman–Crippen LogP) is 2.68. The Morgan fingerprint density at radius 2 is 1.94 bits per heavy atom. The molecule has 0 bridgehead atoms. The van der Waals surface area contributed by atoms with Crippen molar-refractivity contribution in [3.8, 4) is 0 Å². The van der Waals surface area contributed by atoms with E-state index in [1.165, 1.54) is 0 Å². The highest BCUT2D eigenvalue weighted by Gasteiger charge is 2.06. The average Bonchev–Trinajstić information content (AvgIpc) is 2.20. The van der Waals surface area contributed by atoms with Gasteiger partial charge in [-0.1, -0.05) is 13.5 Å². The first-order chi connectivity index (χ1) is 7.43. The Hall–Kier alpha value is -0.830. The fraction of sp³-hybridized carbons (Fsp3) is 0.769. The highest BCUT2D eigenvalue weighted by molar-refractivity contribution is 5.86. The molecule has 0 saturated heterocycles. The van der Waals surface area contributed by atoms with Gasteiger partial charge in [-0.05, 0) is 45.4 Å². The van der Waals surface area contributed by atoms with E-state index >= 15 is 0 Å². The van der Waals surface area contributed by atoms with Crippen molar-refractivity contribution < 1.29 is 14.6 Å². The molecule has 0 aromatic rings. The first kappa shape index (κ1) is 15.2. The number of hydrogen-bond donors (Lipinski definition) is 1. The van der Waals surface area contributed by atoms with Gasteiger partial charge in [-0.2, -0.15) is 0 Å². The third kappa shape index (κ3) is 8.48. The summed E-state index contributed by atoms with van der Waals surface area (Å²) in [6, 6.07) is 0. The van der Waals surface area contributed by atoms with E-state index in [2.05, 4.69) is 13.5 Å². The molecule has 16 heavy (non-hydrogen) atoms. The van der Waals surface area contributed by atoms with Crippen molar-refractivity contribution in [2.75, 3.05) is 6.61 Å². The van der Waals surface area contributed by atoms with Crippen LogP contribution in [-0.2, 0) is 9.53 Å². The van der Waals surface area contributed by atoms with Gasteiger partial charge in [0.2, 0.25) is 0 Å². The third-order valence-corrected chi connectivity index (χ3v) is 2.50. The van der Waals surface area contributed by atoms with Gasteiger partial charge < -0.3 is 9.84 Å². The van der Waals surface area contributed by atoms with E-state index in [0.29, 0.717) is 18.1 Å². The van der Waals surface area contributed by atoms with Crippen molar-refractivity contribution >= 4 is 5.97 Å². The van der Waals surface area contributed by atoms with Crippen LogP contribution in [0, 0.1) is 5.92 Å². The first-order valence-electron chi connectivity index (χ1n) is 5.94. The molecule has 2 atom stereocenters. The van der Waals surface area contributed by atoms with Crippen molar-refractivity contribution in [1.29, 1.82) is 0 Å². The first-order valence-corrected chi connectivity index (χ1v) is 5.94. The number of aliphatic hydroxyl groups is 1. The second-order valence-corrected chi connectivity index (χ2v) is 4.59. The lowest BCUT2D eigenvalue weighted by molar-refractivity contribution is -0.139. The largest absolute Gasteiger partial charge is 0.462 e. The molecule has 1 N–H and O–H groups in total. The summed E-state index contributed by atoms with van der Waals surface area (Å²) >= 11 is 0. The Bertz CT molecular complexity index is 221. The highest BCUT2D eigenvalue weighted by Crippen LogP contribution is 2.14. The van der Waals surface area contributed by atoms with Gasteiger partial charge in [0.15, 0.2) is 0 Å². The zero-order valence-corrected chi connectivity index (χ0v) is 10.7. The van der Waals surface area contributed by atoms with Gasteiger partial charge in [0.1, 0.15) is 0 Å². The van der Waals surface area contributed by atoms with E-state index in [4.69, 9.17) is 9.84 Å². The molecule has 2 unspecified atom stereocenters. The highest BCUT2D eigenvalue weighted by atomic mass is 16.5. The lowest BCUT2D eigenvalue weighted by Gasteiger charge is -2.12. The van der Waals surface area contributed by atoms with Crippen molar-refractivity contribution in [3.05, 3.63) is 12.2 Å². The molecule has 0 aliphatic heterocycles. The SMILES string of the molecule is C=C(C)C(=O)OCCCC(C)CCC(C)O. The van der Waals surface area contributed by atoms with Crippen LogP contribution in [0.5, 0.6) is 0 Å². The van der Waals surface area contributed by atoms with Crippen LogP contribution < -0.4 is 0 Å². The minimum Gasteiger partial charge on any atom is -0.462 e. The standard InChI is InChI=1S/C13H24O3/c1-10(2)13(15)16-9-5-6-11(3)7-8-12(4)14/h11-12,14H,1,5-9H2,2-4H3. The minimum absolute atomic E-state index is 0.219. The Morgan fingerprint density at radius 1 is 1.31 bits per heavy atom. The smallest absolute Gasteiger partial charge is 0.333 e. The van der Waals surface area contributed by atoms with Gasteiger partial charge in [0.05, 0.1) is 12.7 Å². The molecule has 0 saturated carbocycles. The average molecular weight is 228 g/mol. The van der Waals surface area contributed by atoms with E-state index in [0.717, 1.165) is 25.7 Å². The summed E-state index contributed by atoms with van der Waals surface area (Å²) in [7, 11) is 0. The van der Waals surface area contributed by atoms with Gasteiger partial charge in [-0.15, -0.1) is 0 Å². The summed E-state index contributed by atoms with van der Waals surface area (Å²) in [4.78, 5) is 11.0. The number of rotatable bonds is 8. The van der Waals surface area contributed by atoms with Crippen molar-refractivity contribution in [1.82, 2.24) is 0 Å². The van der Waals surface area contributed by atoms with E-state index in [1.807, 2.05) is 0 Å². The molecule has 0 spiro atoms. The number of esters is 1. The Morgan fingerprint density at radius 3 is 2.44 bits per heavy atom. The number of hydrogen-bond acceptors (Lipinski definition) is 3. The van der Waals surface area contributed by atoms with Crippen LogP contribution in [0.2, 0.25) is 0 Å². The zero-order chi connectivity index (χ0) is 12.6. The van der Waals surface area contributed by atoms with Crippen LogP contribution in [0.25, 0.3) is 0 Å². The summed E-state index contributed by atoms with van der Waals surface area (Å²) < 4.78 is 4.99. The molecule has 0 radical (unpaired) electrons. The van der Waals surface area contributed by atoms with Crippen LogP contribution in [0.1, 0.15) is 46.5 Å².